The first kappa shape index (κ1) is 13.2. The first-order valence-corrected chi connectivity index (χ1v) is 6.00. The molecule has 1 aromatic heterocycles. The number of amides is 1. The summed E-state index contributed by atoms with van der Waals surface area (Å²) in [5, 5.41) is 10.00. The highest BCUT2D eigenvalue weighted by atomic mass is 16.2. The fraction of sp³-hybridized carbons (Fsp3) is 0.308. The first-order chi connectivity index (χ1) is 9.09. The zero-order chi connectivity index (χ0) is 13.8. The van der Waals surface area contributed by atoms with E-state index in [0.717, 1.165) is 6.54 Å². The Hall–Kier alpha value is -2.21. The molecule has 6 nitrogen and oxygen atoms in total. The molecule has 0 fully saturated rings. The Labute approximate surface area is 110 Å². The van der Waals surface area contributed by atoms with E-state index in [4.69, 9.17) is 0 Å². The number of benzene rings is 1. The summed E-state index contributed by atoms with van der Waals surface area (Å²) in [7, 11) is 3.86. The number of hydrogen-bond donors (Lipinski definition) is 2. The second-order valence-electron chi connectivity index (χ2n) is 4.51. The Morgan fingerprint density at radius 3 is 2.68 bits per heavy atom. The maximum atomic E-state index is 12.0. The molecule has 2 rings (SSSR count). The number of aromatic nitrogens is 2. The van der Waals surface area contributed by atoms with E-state index in [1.807, 2.05) is 19.0 Å². The zero-order valence-electron chi connectivity index (χ0n) is 10.9. The number of hydrogen-bond acceptors (Lipinski definition) is 4. The lowest BCUT2D eigenvalue weighted by molar-refractivity contribution is 0.0947. The lowest BCUT2D eigenvalue weighted by atomic mass is 10.1. The zero-order valence-corrected chi connectivity index (χ0v) is 10.9. The molecule has 0 bridgehead atoms. The highest BCUT2D eigenvalue weighted by Crippen LogP contribution is 2.11. The number of carbonyl (C=O) groups is 1. The van der Waals surface area contributed by atoms with E-state index in [1.165, 1.54) is 0 Å². The second-order valence-corrected chi connectivity index (χ2v) is 4.51. The quantitative estimate of drug-likeness (QED) is 0.824. The van der Waals surface area contributed by atoms with Gasteiger partial charge in [0.15, 0.2) is 5.69 Å². The number of nitrogens with one attached hydrogen (secondary N) is 2. The standard InChI is InChI=1S/C13H16N4O2/c1-17(2)8-7-14-13(19)11-9-5-3-4-6-10(9)12(18)16-15-11/h3-6H,7-8H2,1-2H3,(H,14,19)(H,16,18). The summed E-state index contributed by atoms with van der Waals surface area (Å²) in [6.07, 6.45) is 0. The third-order valence-electron chi connectivity index (χ3n) is 2.76. The van der Waals surface area contributed by atoms with Crippen molar-refractivity contribution < 1.29 is 4.79 Å². The van der Waals surface area contributed by atoms with Gasteiger partial charge < -0.3 is 10.2 Å². The summed E-state index contributed by atoms with van der Waals surface area (Å²) in [5.41, 5.74) is -0.0469. The monoisotopic (exact) mass is 260 g/mol. The van der Waals surface area contributed by atoms with Crippen LogP contribution >= 0.6 is 0 Å². The third kappa shape index (κ3) is 2.97. The van der Waals surface area contributed by atoms with Crippen molar-refractivity contribution >= 4 is 16.7 Å². The molecule has 0 aliphatic carbocycles. The molecule has 2 aromatic rings. The van der Waals surface area contributed by atoms with E-state index in [9.17, 15) is 9.59 Å². The van der Waals surface area contributed by atoms with Gasteiger partial charge in [-0.3, -0.25) is 9.59 Å². The number of rotatable bonds is 4. The molecule has 19 heavy (non-hydrogen) atoms. The predicted molar refractivity (Wildman–Crippen MR) is 73.3 cm³/mol. The molecule has 0 aliphatic heterocycles. The van der Waals surface area contributed by atoms with Gasteiger partial charge in [0.05, 0.1) is 5.39 Å². The number of H-pyrrole nitrogens is 1. The van der Waals surface area contributed by atoms with Gasteiger partial charge in [-0.1, -0.05) is 18.2 Å². The molecule has 0 saturated heterocycles. The molecule has 2 N–H and O–H groups in total. The number of nitrogens with zero attached hydrogens (tertiary/aromatic N) is 2. The molecular weight excluding hydrogens is 244 g/mol. The van der Waals surface area contributed by atoms with Gasteiger partial charge in [0.25, 0.3) is 11.5 Å². The van der Waals surface area contributed by atoms with Gasteiger partial charge in [0.1, 0.15) is 0 Å². The van der Waals surface area contributed by atoms with Crippen LogP contribution in [0.15, 0.2) is 29.1 Å². The number of fused-ring (bicyclic) bond motifs is 1. The van der Waals surface area contributed by atoms with E-state index in [2.05, 4.69) is 15.5 Å². The maximum absolute atomic E-state index is 12.0. The lowest BCUT2D eigenvalue weighted by Crippen LogP contribution is -2.32. The SMILES string of the molecule is CN(C)CCNC(=O)c1n[nH]c(=O)c2ccccc12. The number of likely N-dealkylation sites (N-methyl/N-ethyl adjacent to an activating group) is 1. The van der Waals surface area contributed by atoms with Crippen molar-refractivity contribution in [2.45, 2.75) is 0 Å². The number of carbonyl (C=O) groups excluding carboxylic acids is 1. The van der Waals surface area contributed by atoms with Crippen molar-refractivity contribution in [3.63, 3.8) is 0 Å². The lowest BCUT2D eigenvalue weighted by Gasteiger charge is -2.10. The molecule has 0 unspecified atom stereocenters. The van der Waals surface area contributed by atoms with Crippen molar-refractivity contribution in [1.29, 1.82) is 0 Å². The van der Waals surface area contributed by atoms with Gasteiger partial charge in [0.2, 0.25) is 0 Å². The van der Waals surface area contributed by atoms with Crippen molar-refractivity contribution in [1.82, 2.24) is 20.4 Å². The van der Waals surface area contributed by atoms with Crippen LogP contribution in [0.1, 0.15) is 10.5 Å². The predicted octanol–water partition coefficient (Wildman–Crippen LogP) is 0.215. The van der Waals surface area contributed by atoms with Crippen LogP contribution in [0.3, 0.4) is 0 Å². The topological polar surface area (TPSA) is 78.1 Å². The molecule has 0 saturated carbocycles. The molecule has 6 heteroatoms. The molecule has 0 atom stereocenters. The Bertz CT molecular complexity index is 648. The normalized spacial score (nSPS) is 10.9. The molecule has 0 spiro atoms. The summed E-state index contributed by atoms with van der Waals surface area (Å²) >= 11 is 0. The van der Waals surface area contributed by atoms with Crippen molar-refractivity contribution in [2.24, 2.45) is 0 Å². The Kier molecular flexibility index (Phi) is 3.91. The average Bonchev–Trinajstić information content (AvgIpc) is 2.39. The Morgan fingerprint density at radius 2 is 2.00 bits per heavy atom. The molecule has 100 valence electrons. The molecule has 0 aliphatic rings. The molecule has 1 amide bonds. The number of aromatic amines is 1. The van der Waals surface area contributed by atoms with Gasteiger partial charge in [-0.2, -0.15) is 5.10 Å². The fourth-order valence-electron chi connectivity index (χ4n) is 1.76. The van der Waals surface area contributed by atoms with Crippen LogP contribution in [-0.2, 0) is 0 Å². The average molecular weight is 260 g/mol. The summed E-state index contributed by atoms with van der Waals surface area (Å²) in [6, 6.07) is 6.93. The smallest absolute Gasteiger partial charge is 0.272 e. The van der Waals surface area contributed by atoms with E-state index in [-0.39, 0.29) is 17.2 Å². The molecular formula is C13H16N4O2. The summed E-state index contributed by atoms with van der Waals surface area (Å²) in [5.74, 6) is -0.283. The second kappa shape index (κ2) is 5.62. The Morgan fingerprint density at radius 1 is 1.32 bits per heavy atom. The van der Waals surface area contributed by atoms with Crippen LogP contribution in [0.5, 0.6) is 0 Å². The minimum absolute atomic E-state index is 0.244. The highest BCUT2D eigenvalue weighted by molar-refractivity contribution is 6.04. The molecule has 0 radical (unpaired) electrons. The summed E-state index contributed by atoms with van der Waals surface area (Å²) in [4.78, 5) is 25.6. The molecule has 1 heterocycles. The van der Waals surface area contributed by atoms with E-state index in [1.54, 1.807) is 24.3 Å². The van der Waals surface area contributed by atoms with E-state index < -0.39 is 0 Å². The largest absolute Gasteiger partial charge is 0.349 e. The highest BCUT2D eigenvalue weighted by Gasteiger charge is 2.13. The van der Waals surface area contributed by atoms with E-state index >= 15 is 0 Å². The molecule has 1 aromatic carbocycles. The van der Waals surface area contributed by atoms with Crippen LogP contribution in [0, 0.1) is 0 Å². The minimum atomic E-state index is -0.291. The van der Waals surface area contributed by atoms with Gasteiger partial charge >= 0.3 is 0 Å². The van der Waals surface area contributed by atoms with Gasteiger partial charge in [0, 0.05) is 18.5 Å². The van der Waals surface area contributed by atoms with E-state index in [0.29, 0.717) is 17.3 Å². The summed E-state index contributed by atoms with van der Waals surface area (Å²) < 4.78 is 0. The van der Waals surface area contributed by atoms with Crippen molar-refractivity contribution in [2.75, 3.05) is 27.2 Å². The Balaban J connectivity index is 2.28. The minimum Gasteiger partial charge on any atom is -0.349 e. The first-order valence-electron chi connectivity index (χ1n) is 6.00. The van der Waals surface area contributed by atoms with Crippen molar-refractivity contribution in [3.8, 4) is 0 Å². The van der Waals surface area contributed by atoms with Gasteiger partial charge in [-0.25, -0.2) is 5.10 Å². The van der Waals surface area contributed by atoms with Crippen molar-refractivity contribution in [3.05, 3.63) is 40.3 Å². The third-order valence-corrected chi connectivity index (χ3v) is 2.76. The van der Waals surface area contributed by atoms with Crippen LogP contribution in [-0.4, -0.2) is 48.2 Å². The summed E-state index contributed by atoms with van der Waals surface area (Å²) in [6.45, 7) is 1.27. The van der Waals surface area contributed by atoms with Gasteiger partial charge in [-0.15, -0.1) is 0 Å². The van der Waals surface area contributed by atoms with Crippen LogP contribution in [0.2, 0.25) is 0 Å². The van der Waals surface area contributed by atoms with Crippen LogP contribution < -0.4 is 10.9 Å². The van der Waals surface area contributed by atoms with Crippen LogP contribution in [0.4, 0.5) is 0 Å². The van der Waals surface area contributed by atoms with Gasteiger partial charge in [-0.05, 0) is 20.2 Å². The fourth-order valence-corrected chi connectivity index (χ4v) is 1.76. The maximum Gasteiger partial charge on any atom is 0.272 e. The van der Waals surface area contributed by atoms with Crippen LogP contribution in [0.25, 0.3) is 10.8 Å².